The van der Waals surface area contributed by atoms with Gasteiger partial charge in [0.25, 0.3) is 0 Å². The molecule has 4 rings (SSSR count). The van der Waals surface area contributed by atoms with Crippen molar-refractivity contribution in [2.75, 3.05) is 0 Å². The van der Waals surface area contributed by atoms with Gasteiger partial charge in [-0.3, -0.25) is 9.20 Å². The molecule has 114 valence electrons. The van der Waals surface area contributed by atoms with Gasteiger partial charge in [0.15, 0.2) is 11.2 Å². The van der Waals surface area contributed by atoms with Gasteiger partial charge < -0.3 is 0 Å². The van der Waals surface area contributed by atoms with E-state index in [0.29, 0.717) is 5.69 Å². The highest BCUT2D eigenvalue weighted by molar-refractivity contribution is 7.15. The van der Waals surface area contributed by atoms with E-state index >= 15 is 0 Å². The number of thiophene rings is 1. The summed E-state index contributed by atoms with van der Waals surface area (Å²) < 4.78 is 1.97. The highest BCUT2D eigenvalue weighted by atomic mass is 32.1. The number of nitrogens with zero attached hydrogens (tertiary/aromatic N) is 2. The second-order valence-electron chi connectivity index (χ2n) is 5.48. The van der Waals surface area contributed by atoms with Crippen molar-refractivity contribution in [2.24, 2.45) is 0 Å². The molecule has 0 N–H and O–H groups in total. The van der Waals surface area contributed by atoms with Crippen molar-refractivity contribution in [3.8, 4) is 21.8 Å². The Balaban J connectivity index is 1.98. The molecule has 0 aliphatic rings. The summed E-state index contributed by atoms with van der Waals surface area (Å²) in [7, 11) is 0. The predicted molar refractivity (Wildman–Crippen MR) is 96.7 cm³/mol. The standard InChI is InChI=1S/C18H14N2OS2/c1-11-5-6-13(8-12(11)2)15-10-23-18-19-17(14(9-21)20(15)18)16-4-3-7-22-16/h3-10H,1-2H3. The third-order valence-corrected chi connectivity index (χ3v) is 5.77. The molecule has 0 saturated heterocycles. The molecule has 0 fully saturated rings. The highest BCUT2D eigenvalue weighted by Gasteiger charge is 2.19. The zero-order valence-corrected chi connectivity index (χ0v) is 14.4. The monoisotopic (exact) mass is 338 g/mol. The number of aldehydes is 1. The van der Waals surface area contributed by atoms with Crippen LogP contribution in [0.3, 0.4) is 0 Å². The molecule has 0 aliphatic heterocycles. The minimum atomic E-state index is 0.622. The number of hydrogen-bond acceptors (Lipinski definition) is 4. The Bertz CT molecular complexity index is 1010. The summed E-state index contributed by atoms with van der Waals surface area (Å²) in [6.45, 7) is 4.21. The largest absolute Gasteiger partial charge is 0.296 e. The Morgan fingerprint density at radius 1 is 1.13 bits per heavy atom. The number of carbonyl (C=O) groups is 1. The average molecular weight is 338 g/mol. The van der Waals surface area contributed by atoms with Gasteiger partial charge in [0.05, 0.1) is 10.6 Å². The van der Waals surface area contributed by atoms with Crippen molar-refractivity contribution in [1.82, 2.24) is 9.38 Å². The van der Waals surface area contributed by atoms with Crippen LogP contribution in [0.25, 0.3) is 26.8 Å². The molecule has 1 aromatic carbocycles. The number of benzene rings is 1. The Kier molecular flexibility index (Phi) is 3.39. The van der Waals surface area contributed by atoms with E-state index in [1.807, 2.05) is 21.9 Å². The number of aryl methyl sites for hydroxylation is 2. The molecule has 3 aromatic heterocycles. The second-order valence-corrected chi connectivity index (χ2v) is 7.26. The van der Waals surface area contributed by atoms with E-state index in [1.165, 1.54) is 11.1 Å². The maximum Gasteiger partial charge on any atom is 0.195 e. The minimum absolute atomic E-state index is 0.622. The first-order chi connectivity index (χ1) is 11.2. The molecule has 0 spiro atoms. The molecule has 0 saturated carbocycles. The first-order valence-corrected chi connectivity index (χ1v) is 9.01. The van der Waals surface area contributed by atoms with E-state index < -0.39 is 0 Å². The van der Waals surface area contributed by atoms with E-state index in [-0.39, 0.29) is 0 Å². The number of carbonyl (C=O) groups excluding carboxylic acids is 1. The molecule has 0 unspecified atom stereocenters. The SMILES string of the molecule is Cc1ccc(-c2csc3nc(-c4cccs4)c(C=O)n23)cc1C. The fraction of sp³-hybridized carbons (Fsp3) is 0.111. The summed E-state index contributed by atoms with van der Waals surface area (Å²) in [5.41, 5.74) is 6.03. The van der Waals surface area contributed by atoms with Crippen molar-refractivity contribution in [1.29, 1.82) is 0 Å². The van der Waals surface area contributed by atoms with Gasteiger partial charge in [-0.1, -0.05) is 18.2 Å². The molecular weight excluding hydrogens is 324 g/mol. The van der Waals surface area contributed by atoms with Crippen LogP contribution >= 0.6 is 22.7 Å². The zero-order chi connectivity index (χ0) is 16.0. The molecule has 0 radical (unpaired) electrons. The molecule has 0 atom stereocenters. The molecule has 3 heterocycles. The van der Waals surface area contributed by atoms with Gasteiger partial charge in [0.1, 0.15) is 11.4 Å². The maximum atomic E-state index is 11.7. The highest BCUT2D eigenvalue weighted by Crippen LogP contribution is 2.34. The van der Waals surface area contributed by atoms with Gasteiger partial charge in [-0.15, -0.1) is 22.7 Å². The zero-order valence-electron chi connectivity index (χ0n) is 12.7. The summed E-state index contributed by atoms with van der Waals surface area (Å²) in [6, 6.07) is 10.4. The van der Waals surface area contributed by atoms with Crippen LogP contribution in [0.4, 0.5) is 0 Å². The lowest BCUT2D eigenvalue weighted by molar-refractivity contribution is 0.111. The van der Waals surface area contributed by atoms with Crippen molar-refractivity contribution >= 4 is 33.9 Å². The molecule has 23 heavy (non-hydrogen) atoms. The van der Waals surface area contributed by atoms with Crippen molar-refractivity contribution in [2.45, 2.75) is 13.8 Å². The lowest BCUT2D eigenvalue weighted by Crippen LogP contribution is -1.94. The topological polar surface area (TPSA) is 34.4 Å². The summed E-state index contributed by atoms with van der Waals surface area (Å²) in [5, 5.41) is 4.07. The van der Waals surface area contributed by atoms with Crippen molar-refractivity contribution in [3.05, 3.63) is 57.9 Å². The van der Waals surface area contributed by atoms with Gasteiger partial charge >= 0.3 is 0 Å². The molecule has 4 aromatic rings. The van der Waals surface area contributed by atoms with E-state index in [1.54, 1.807) is 22.7 Å². The van der Waals surface area contributed by atoms with Crippen molar-refractivity contribution in [3.63, 3.8) is 0 Å². The quantitative estimate of drug-likeness (QED) is 0.480. The summed E-state index contributed by atoms with van der Waals surface area (Å²) in [4.78, 5) is 18.3. The van der Waals surface area contributed by atoms with Crippen LogP contribution in [0.5, 0.6) is 0 Å². The van der Waals surface area contributed by atoms with Gasteiger partial charge in [-0.05, 0) is 48.1 Å². The predicted octanol–water partition coefficient (Wildman–Crippen LogP) is 5.22. The smallest absolute Gasteiger partial charge is 0.195 e. The summed E-state index contributed by atoms with van der Waals surface area (Å²) in [5.74, 6) is 0. The van der Waals surface area contributed by atoms with Crippen LogP contribution in [0, 0.1) is 13.8 Å². The molecule has 0 aliphatic carbocycles. The van der Waals surface area contributed by atoms with E-state index in [4.69, 9.17) is 0 Å². The Labute approximate surface area is 141 Å². The number of fused-ring (bicyclic) bond motifs is 1. The van der Waals surface area contributed by atoms with Crippen LogP contribution < -0.4 is 0 Å². The van der Waals surface area contributed by atoms with Crippen LogP contribution in [-0.2, 0) is 0 Å². The van der Waals surface area contributed by atoms with Crippen LogP contribution in [0.2, 0.25) is 0 Å². The fourth-order valence-electron chi connectivity index (χ4n) is 2.69. The van der Waals surface area contributed by atoms with Crippen LogP contribution in [-0.4, -0.2) is 15.7 Å². The molecule has 0 bridgehead atoms. The lowest BCUT2D eigenvalue weighted by atomic mass is 10.0. The molecule has 0 amide bonds. The number of imidazole rings is 1. The van der Waals surface area contributed by atoms with Gasteiger partial charge in [-0.25, -0.2) is 4.98 Å². The lowest BCUT2D eigenvalue weighted by Gasteiger charge is -2.05. The van der Waals surface area contributed by atoms with Gasteiger partial charge in [0, 0.05) is 5.38 Å². The summed E-state index contributed by atoms with van der Waals surface area (Å²) in [6.07, 6.45) is 0.909. The van der Waals surface area contributed by atoms with E-state index in [2.05, 4.69) is 42.4 Å². The maximum absolute atomic E-state index is 11.7. The Morgan fingerprint density at radius 2 is 2.00 bits per heavy atom. The normalized spacial score (nSPS) is 11.2. The Hall–Kier alpha value is -2.24. The first kappa shape index (κ1) is 14.4. The van der Waals surface area contributed by atoms with Gasteiger partial charge in [-0.2, -0.15) is 0 Å². The Morgan fingerprint density at radius 3 is 2.70 bits per heavy atom. The van der Waals surface area contributed by atoms with E-state index in [9.17, 15) is 4.79 Å². The number of hydrogen-bond donors (Lipinski definition) is 0. The van der Waals surface area contributed by atoms with Crippen LogP contribution in [0.1, 0.15) is 21.6 Å². The van der Waals surface area contributed by atoms with Crippen molar-refractivity contribution < 1.29 is 4.79 Å². The molecule has 3 nitrogen and oxygen atoms in total. The van der Waals surface area contributed by atoms with E-state index in [0.717, 1.165) is 33.1 Å². The van der Waals surface area contributed by atoms with Crippen LogP contribution in [0.15, 0.2) is 41.1 Å². The fourth-order valence-corrected chi connectivity index (χ4v) is 4.31. The first-order valence-electron chi connectivity index (χ1n) is 7.25. The third-order valence-electron chi connectivity index (χ3n) is 4.07. The number of aromatic nitrogens is 2. The third kappa shape index (κ3) is 2.24. The number of thiazole rings is 1. The molecule has 5 heteroatoms. The van der Waals surface area contributed by atoms with Gasteiger partial charge in [0.2, 0.25) is 0 Å². The summed E-state index contributed by atoms with van der Waals surface area (Å²) >= 11 is 3.16. The second kappa shape index (κ2) is 5.44. The minimum Gasteiger partial charge on any atom is -0.296 e. The molecular formula is C18H14N2OS2. The number of rotatable bonds is 3. The average Bonchev–Trinajstić information content (AvgIpc) is 3.24.